The lowest BCUT2D eigenvalue weighted by Crippen LogP contribution is -2.56. The number of esters is 2. The lowest BCUT2D eigenvalue weighted by Gasteiger charge is -2.35. The standard InChI is InChI=1S/C10H16O6/c1-9(2,13)10(14)15-7(11)5-3-4-6-8(12)16-10/h13-14H,3-6H2,1-2H3. The Morgan fingerprint density at radius 3 is 1.81 bits per heavy atom. The lowest BCUT2D eigenvalue weighted by atomic mass is 10.1. The van der Waals surface area contributed by atoms with Crippen LogP contribution in [0.3, 0.4) is 0 Å². The minimum Gasteiger partial charge on any atom is -0.396 e. The van der Waals surface area contributed by atoms with Gasteiger partial charge in [0.15, 0.2) is 5.60 Å². The molecule has 0 atom stereocenters. The lowest BCUT2D eigenvalue weighted by molar-refractivity contribution is -0.384. The Bertz CT molecular complexity index is 270. The highest BCUT2D eigenvalue weighted by Gasteiger charge is 2.51. The van der Waals surface area contributed by atoms with Crippen molar-refractivity contribution in [1.29, 1.82) is 0 Å². The molecular formula is C10H16O6. The molecule has 1 aliphatic heterocycles. The van der Waals surface area contributed by atoms with Gasteiger partial charge in [-0.05, 0) is 26.7 Å². The van der Waals surface area contributed by atoms with Gasteiger partial charge < -0.3 is 19.7 Å². The largest absolute Gasteiger partial charge is 0.403 e. The van der Waals surface area contributed by atoms with E-state index < -0.39 is 23.5 Å². The summed E-state index contributed by atoms with van der Waals surface area (Å²) in [5.41, 5.74) is -1.89. The molecule has 0 aromatic carbocycles. The fourth-order valence-electron chi connectivity index (χ4n) is 1.22. The Morgan fingerprint density at radius 2 is 1.50 bits per heavy atom. The number of ether oxygens (including phenoxy) is 2. The van der Waals surface area contributed by atoms with Crippen molar-refractivity contribution in [3.63, 3.8) is 0 Å². The normalized spacial score (nSPS) is 22.5. The van der Waals surface area contributed by atoms with Gasteiger partial charge in [-0.25, -0.2) is 0 Å². The third-order valence-electron chi connectivity index (χ3n) is 2.29. The van der Waals surface area contributed by atoms with Crippen LogP contribution in [0.25, 0.3) is 0 Å². The minimum absolute atomic E-state index is 0.0784. The van der Waals surface area contributed by atoms with E-state index >= 15 is 0 Å². The van der Waals surface area contributed by atoms with Crippen molar-refractivity contribution in [3.8, 4) is 0 Å². The first kappa shape index (κ1) is 12.9. The average Bonchev–Trinajstić information content (AvgIpc) is 2.14. The molecule has 0 spiro atoms. The van der Waals surface area contributed by atoms with E-state index in [2.05, 4.69) is 9.47 Å². The molecule has 92 valence electrons. The molecule has 16 heavy (non-hydrogen) atoms. The van der Waals surface area contributed by atoms with Gasteiger partial charge in [0.2, 0.25) is 0 Å². The third-order valence-corrected chi connectivity index (χ3v) is 2.29. The summed E-state index contributed by atoms with van der Waals surface area (Å²) in [4.78, 5) is 22.5. The summed E-state index contributed by atoms with van der Waals surface area (Å²) in [5, 5.41) is 19.5. The molecule has 1 heterocycles. The highest BCUT2D eigenvalue weighted by molar-refractivity contribution is 5.73. The fraction of sp³-hybridized carbons (Fsp3) is 0.800. The van der Waals surface area contributed by atoms with E-state index in [1.807, 2.05) is 0 Å². The predicted octanol–water partition coefficient (Wildman–Crippen LogP) is 0.0638. The van der Waals surface area contributed by atoms with Crippen LogP contribution in [0.1, 0.15) is 39.5 Å². The van der Waals surface area contributed by atoms with Crippen LogP contribution >= 0.6 is 0 Å². The second-order valence-corrected chi connectivity index (χ2v) is 4.30. The summed E-state index contributed by atoms with van der Waals surface area (Å²) < 4.78 is 9.23. The highest BCUT2D eigenvalue weighted by atomic mass is 16.9. The van der Waals surface area contributed by atoms with Crippen molar-refractivity contribution in [2.75, 3.05) is 0 Å². The maximum atomic E-state index is 11.3. The van der Waals surface area contributed by atoms with Gasteiger partial charge in [-0.15, -0.1) is 0 Å². The average molecular weight is 232 g/mol. The Kier molecular flexibility index (Phi) is 3.54. The predicted molar refractivity (Wildman–Crippen MR) is 51.9 cm³/mol. The van der Waals surface area contributed by atoms with Gasteiger partial charge in [0, 0.05) is 12.8 Å². The smallest absolute Gasteiger partial charge is 0.396 e. The number of rotatable bonds is 1. The summed E-state index contributed by atoms with van der Waals surface area (Å²) in [6.07, 6.45) is 1.12. The molecule has 1 rings (SSSR count). The van der Waals surface area contributed by atoms with E-state index in [0.29, 0.717) is 12.8 Å². The fourth-order valence-corrected chi connectivity index (χ4v) is 1.22. The maximum absolute atomic E-state index is 11.3. The Balaban J connectivity index is 2.93. The first-order chi connectivity index (χ1) is 7.24. The van der Waals surface area contributed by atoms with Crippen LogP contribution in [0.2, 0.25) is 0 Å². The number of hydrogen-bond donors (Lipinski definition) is 2. The molecule has 6 nitrogen and oxygen atoms in total. The van der Waals surface area contributed by atoms with Crippen LogP contribution < -0.4 is 0 Å². The van der Waals surface area contributed by atoms with E-state index in [0.717, 1.165) is 0 Å². The first-order valence-electron chi connectivity index (χ1n) is 5.13. The number of cyclic esters (lactones) is 2. The molecule has 0 aliphatic carbocycles. The molecule has 0 radical (unpaired) electrons. The maximum Gasteiger partial charge on any atom is 0.403 e. The number of aliphatic hydroxyl groups is 2. The Hall–Kier alpha value is -1.14. The third kappa shape index (κ3) is 2.93. The van der Waals surface area contributed by atoms with E-state index in [1.165, 1.54) is 13.8 Å². The van der Waals surface area contributed by atoms with E-state index in [1.54, 1.807) is 0 Å². The summed E-state index contributed by atoms with van der Waals surface area (Å²) in [7, 11) is 0. The quantitative estimate of drug-likeness (QED) is 0.621. The molecule has 6 heteroatoms. The minimum atomic E-state index is -2.62. The molecular weight excluding hydrogens is 216 g/mol. The van der Waals surface area contributed by atoms with Crippen molar-refractivity contribution in [2.24, 2.45) is 0 Å². The van der Waals surface area contributed by atoms with Gasteiger partial charge in [0.05, 0.1) is 0 Å². The first-order valence-corrected chi connectivity index (χ1v) is 5.13. The van der Waals surface area contributed by atoms with Gasteiger partial charge in [-0.3, -0.25) is 9.59 Å². The van der Waals surface area contributed by atoms with Crippen molar-refractivity contribution in [1.82, 2.24) is 0 Å². The summed E-state index contributed by atoms with van der Waals surface area (Å²) >= 11 is 0. The summed E-state index contributed by atoms with van der Waals surface area (Å²) in [6, 6.07) is 0. The van der Waals surface area contributed by atoms with Crippen molar-refractivity contribution in [2.45, 2.75) is 51.1 Å². The molecule has 0 amide bonds. The molecule has 0 aromatic rings. The monoisotopic (exact) mass is 232 g/mol. The van der Waals surface area contributed by atoms with Crippen LogP contribution in [-0.2, 0) is 19.1 Å². The van der Waals surface area contributed by atoms with Gasteiger partial charge in [-0.2, -0.15) is 0 Å². The Labute approximate surface area is 93.2 Å². The second kappa shape index (κ2) is 4.39. The van der Waals surface area contributed by atoms with Gasteiger partial charge in [0.1, 0.15) is 0 Å². The molecule has 0 bridgehead atoms. The number of carbonyl (C=O) groups is 2. The van der Waals surface area contributed by atoms with E-state index in [9.17, 15) is 19.8 Å². The van der Waals surface area contributed by atoms with Crippen LogP contribution in [0.4, 0.5) is 0 Å². The SMILES string of the molecule is CC(C)(O)C1(O)OC(=O)CCCCC(=O)O1. The van der Waals surface area contributed by atoms with Crippen LogP contribution in [-0.4, -0.2) is 33.7 Å². The molecule has 0 saturated carbocycles. The van der Waals surface area contributed by atoms with Gasteiger partial charge in [0.25, 0.3) is 0 Å². The highest BCUT2D eigenvalue weighted by Crippen LogP contribution is 2.27. The molecule has 1 aliphatic rings. The van der Waals surface area contributed by atoms with Crippen molar-refractivity contribution >= 4 is 11.9 Å². The topological polar surface area (TPSA) is 93.1 Å². The zero-order valence-electron chi connectivity index (χ0n) is 9.36. The molecule has 0 unspecified atom stereocenters. The van der Waals surface area contributed by atoms with Crippen LogP contribution in [0.15, 0.2) is 0 Å². The van der Waals surface area contributed by atoms with E-state index in [-0.39, 0.29) is 12.8 Å². The number of hydrogen-bond acceptors (Lipinski definition) is 6. The Morgan fingerprint density at radius 1 is 1.12 bits per heavy atom. The second-order valence-electron chi connectivity index (χ2n) is 4.30. The summed E-state index contributed by atoms with van der Waals surface area (Å²) in [6.45, 7) is 2.37. The number of carbonyl (C=O) groups excluding carboxylic acids is 2. The van der Waals surface area contributed by atoms with Gasteiger partial charge >= 0.3 is 17.9 Å². The molecule has 0 aromatic heterocycles. The van der Waals surface area contributed by atoms with Crippen molar-refractivity contribution in [3.05, 3.63) is 0 Å². The molecule has 1 fully saturated rings. The van der Waals surface area contributed by atoms with Crippen LogP contribution in [0, 0.1) is 0 Å². The zero-order chi connectivity index (χ0) is 12.4. The van der Waals surface area contributed by atoms with Crippen molar-refractivity contribution < 1.29 is 29.3 Å². The van der Waals surface area contributed by atoms with Gasteiger partial charge in [-0.1, -0.05) is 0 Å². The van der Waals surface area contributed by atoms with Crippen LogP contribution in [0.5, 0.6) is 0 Å². The molecule has 2 N–H and O–H groups in total. The molecule has 1 saturated heterocycles. The summed E-state index contributed by atoms with van der Waals surface area (Å²) in [5.74, 6) is -4.04. The van der Waals surface area contributed by atoms with E-state index in [4.69, 9.17) is 0 Å². The zero-order valence-corrected chi connectivity index (χ0v) is 9.36.